The van der Waals surface area contributed by atoms with Crippen LogP contribution in [0.4, 0.5) is 5.95 Å². The van der Waals surface area contributed by atoms with Crippen molar-refractivity contribution in [3.63, 3.8) is 0 Å². The molecule has 1 heterocycles. The third kappa shape index (κ3) is 2.56. The molecule has 0 fully saturated rings. The summed E-state index contributed by atoms with van der Waals surface area (Å²) >= 11 is 5.95. The topological polar surface area (TPSA) is 72.9 Å². The molecule has 0 saturated heterocycles. The van der Waals surface area contributed by atoms with Crippen LogP contribution in [0, 0.1) is 0 Å². The standard InChI is InChI=1S/C12H15ClN4O/c1-2-15-11(18)5-6-17-10-7-8(13)3-4-9(10)16-12(17)14/h3-4,7H,2,5-6H2,1H3,(H2,14,16)(H,15,18). The highest BCUT2D eigenvalue weighted by atomic mass is 35.5. The molecule has 96 valence electrons. The summed E-state index contributed by atoms with van der Waals surface area (Å²) in [7, 11) is 0. The molecule has 0 spiro atoms. The average Bonchev–Trinajstić information content (AvgIpc) is 2.62. The number of amides is 1. The van der Waals surface area contributed by atoms with Crippen molar-refractivity contribution in [3.05, 3.63) is 23.2 Å². The van der Waals surface area contributed by atoms with Gasteiger partial charge < -0.3 is 15.6 Å². The molecule has 0 saturated carbocycles. The summed E-state index contributed by atoms with van der Waals surface area (Å²) in [5, 5.41) is 3.37. The summed E-state index contributed by atoms with van der Waals surface area (Å²) in [4.78, 5) is 15.7. The number of carbonyl (C=O) groups excluding carboxylic acids is 1. The Hall–Kier alpha value is -1.75. The number of nitrogen functional groups attached to an aromatic ring is 1. The molecule has 6 heteroatoms. The van der Waals surface area contributed by atoms with Crippen molar-refractivity contribution in [3.8, 4) is 0 Å². The lowest BCUT2D eigenvalue weighted by atomic mass is 10.3. The van der Waals surface area contributed by atoms with E-state index in [-0.39, 0.29) is 5.91 Å². The summed E-state index contributed by atoms with van der Waals surface area (Å²) < 4.78 is 1.80. The van der Waals surface area contributed by atoms with Crippen molar-refractivity contribution in [1.82, 2.24) is 14.9 Å². The number of benzene rings is 1. The fourth-order valence-electron chi connectivity index (χ4n) is 1.85. The molecule has 18 heavy (non-hydrogen) atoms. The number of halogens is 1. The van der Waals surface area contributed by atoms with Crippen molar-refractivity contribution < 1.29 is 4.79 Å². The van der Waals surface area contributed by atoms with Crippen molar-refractivity contribution in [1.29, 1.82) is 0 Å². The molecule has 0 unspecified atom stereocenters. The number of imidazole rings is 1. The maximum atomic E-state index is 11.4. The molecule has 0 aliphatic carbocycles. The Bertz CT molecular complexity index is 579. The van der Waals surface area contributed by atoms with E-state index in [0.29, 0.717) is 30.5 Å². The van der Waals surface area contributed by atoms with Crippen LogP contribution in [-0.2, 0) is 11.3 Å². The number of hydrogen-bond acceptors (Lipinski definition) is 3. The normalized spacial score (nSPS) is 10.8. The lowest BCUT2D eigenvalue weighted by molar-refractivity contribution is -0.121. The van der Waals surface area contributed by atoms with Crippen molar-refractivity contribution in [2.24, 2.45) is 0 Å². The Kier molecular flexibility index (Phi) is 3.72. The van der Waals surface area contributed by atoms with Gasteiger partial charge in [0.15, 0.2) is 0 Å². The van der Waals surface area contributed by atoms with Crippen LogP contribution in [0.5, 0.6) is 0 Å². The molecule has 0 aliphatic rings. The summed E-state index contributed by atoms with van der Waals surface area (Å²) in [5.74, 6) is 0.400. The summed E-state index contributed by atoms with van der Waals surface area (Å²) in [6, 6.07) is 5.39. The molecule has 5 nitrogen and oxygen atoms in total. The van der Waals surface area contributed by atoms with Gasteiger partial charge in [0, 0.05) is 24.5 Å². The average molecular weight is 267 g/mol. The third-order valence-corrected chi connectivity index (χ3v) is 2.91. The second-order valence-corrected chi connectivity index (χ2v) is 4.39. The highest BCUT2D eigenvalue weighted by Gasteiger charge is 2.09. The zero-order valence-electron chi connectivity index (χ0n) is 10.1. The molecule has 0 radical (unpaired) electrons. The second-order valence-electron chi connectivity index (χ2n) is 3.96. The van der Waals surface area contributed by atoms with E-state index in [0.717, 1.165) is 11.0 Å². The molecular formula is C12H15ClN4O. The maximum absolute atomic E-state index is 11.4. The number of nitrogens with zero attached hydrogens (tertiary/aromatic N) is 2. The summed E-state index contributed by atoms with van der Waals surface area (Å²) in [6.45, 7) is 3.01. The highest BCUT2D eigenvalue weighted by molar-refractivity contribution is 6.31. The SMILES string of the molecule is CCNC(=O)CCn1c(N)nc2ccc(Cl)cc21. The lowest BCUT2D eigenvalue weighted by Gasteiger charge is -2.06. The molecule has 2 aromatic rings. The largest absolute Gasteiger partial charge is 0.369 e. The van der Waals surface area contributed by atoms with Crippen LogP contribution in [0.3, 0.4) is 0 Å². The molecular weight excluding hydrogens is 252 g/mol. The van der Waals surface area contributed by atoms with Crippen LogP contribution in [0.25, 0.3) is 11.0 Å². The van der Waals surface area contributed by atoms with Gasteiger partial charge in [-0.05, 0) is 25.1 Å². The van der Waals surface area contributed by atoms with Gasteiger partial charge in [-0.25, -0.2) is 4.98 Å². The molecule has 1 aromatic heterocycles. The van der Waals surface area contributed by atoms with E-state index in [1.54, 1.807) is 16.7 Å². The number of aromatic nitrogens is 2. The van der Waals surface area contributed by atoms with Gasteiger partial charge in [-0.15, -0.1) is 0 Å². The first-order valence-corrected chi connectivity index (χ1v) is 6.17. The minimum Gasteiger partial charge on any atom is -0.369 e. The minimum atomic E-state index is 0.000720. The van der Waals surface area contributed by atoms with Gasteiger partial charge >= 0.3 is 0 Å². The molecule has 2 rings (SSSR count). The van der Waals surface area contributed by atoms with Crippen LogP contribution < -0.4 is 11.1 Å². The monoisotopic (exact) mass is 266 g/mol. The fourth-order valence-corrected chi connectivity index (χ4v) is 2.01. The van der Waals surface area contributed by atoms with Crippen LogP contribution in [0.1, 0.15) is 13.3 Å². The quantitative estimate of drug-likeness (QED) is 0.886. The number of aryl methyl sites for hydroxylation is 1. The van der Waals surface area contributed by atoms with E-state index < -0.39 is 0 Å². The Labute approximate surface area is 110 Å². The van der Waals surface area contributed by atoms with Gasteiger partial charge in [0.05, 0.1) is 11.0 Å². The van der Waals surface area contributed by atoms with Crippen molar-refractivity contribution >= 4 is 34.5 Å². The number of nitrogens with two attached hydrogens (primary N) is 1. The molecule has 0 atom stereocenters. The second kappa shape index (κ2) is 5.27. The van der Waals surface area contributed by atoms with E-state index in [1.165, 1.54) is 0 Å². The summed E-state index contributed by atoms with van der Waals surface area (Å²) in [6.07, 6.45) is 0.371. The van der Waals surface area contributed by atoms with Crippen LogP contribution in [0.2, 0.25) is 5.02 Å². The first kappa shape index (κ1) is 12.7. The molecule has 1 aromatic carbocycles. The first-order valence-electron chi connectivity index (χ1n) is 5.79. The van der Waals surface area contributed by atoms with E-state index in [4.69, 9.17) is 17.3 Å². The molecule has 1 amide bonds. The van der Waals surface area contributed by atoms with E-state index >= 15 is 0 Å². The zero-order valence-corrected chi connectivity index (χ0v) is 10.9. The van der Waals surface area contributed by atoms with Gasteiger partial charge in [0.1, 0.15) is 0 Å². The van der Waals surface area contributed by atoms with Crippen LogP contribution in [0.15, 0.2) is 18.2 Å². The smallest absolute Gasteiger partial charge is 0.221 e. The third-order valence-electron chi connectivity index (χ3n) is 2.68. The van der Waals surface area contributed by atoms with E-state index in [9.17, 15) is 4.79 Å². The van der Waals surface area contributed by atoms with E-state index in [2.05, 4.69) is 10.3 Å². The Morgan fingerprint density at radius 3 is 3.06 bits per heavy atom. The van der Waals surface area contributed by atoms with Crippen LogP contribution >= 0.6 is 11.6 Å². The highest BCUT2D eigenvalue weighted by Crippen LogP contribution is 2.22. The van der Waals surface area contributed by atoms with Gasteiger partial charge in [-0.2, -0.15) is 0 Å². The lowest BCUT2D eigenvalue weighted by Crippen LogP contribution is -2.24. The van der Waals surface area contributed by atoms with Crippen molar-refractivity contribution in [2.75, 3.05) is 12.3 Å². The number of anilines is 1. The molecule has 0 bridgehead atoms. The number of rotatable bonds is 4. The predicted molar refractivity (Wildman–Crippen MR) is 72.5 cm³/mol. The summed E-state index contributed by atoms with van der Waals surface area (Å²) in [5.41, 5.74) is 7.48. The number of fused-ring (bicyclic) bond motifs is 1. The first-order chi connectivity index (χ1) is 8.61. The molecule has 0 aliphatic heterocycles. The zero-order chi connectivity index (χ0) is 13.1. The molecule has 3 N–H and O–H groups in total. The van der Waals surface area contributed by atoms with E-state index in [1.807, 2.05) is 13.0 Å². The number of carbonyl (C=O) groups is 1. The van der Waals surface area contributed by atoms with Crippen LogP contribution in [-0.4, -0.2) is 22.0 Å². The van der Waals surface area contributed by atoms with Gasteiger partial charge in [0.25, 0.3) is 0 Å². The van der Waals surface area contributed by atoms with Gasteiger partial charge in [0.2, 0.25) is 11.9 Å². The van der Waals surface area contributed by atoms with Crippen molar-refractivity contribution in [2.45, 2.75) is 19.9 Å². The number of hydrogen-bond donors (Lipinski definition) is 2. The Balaban J connectivity index is 2.24. The fraction of sp³-hybridized carbons (Fsp3) is 0.333. The number of nitrogens with one attached hydrogen (secondary N) is 1. The Morgan fingerprint density at radius 1 is 1.56 bits per heavy atom. The van der Waals surface area contributed by atoms with Gasteiger partial charge in [-0.1, -0.05) is 11.6 Å². The van der Waals surface area contributed by atoms with Gasteiger partial charge in [-0.3, -0.25) is 4.79 Å². The predicted octanol–water partition coefficient (Wildman–Crippen LogP) is 1.80. The Morgan fingerprint density at radius 2 is 2.33 bits per heavy atom. The maximum Gasteiger partial charge on any atom is 0.221 e. The minimum absolute atomic E-state index is 0.000720.